The largest absolute Gasteiger partial charge is 0.309 e. The third-order valence-electron chi connectivity index (χ3n) is 4.31. The average Bonchev–Trinajstić information content (AvgIpc) is 3.08. The number of fused-ring (bicyclic) bond motifs is 1. The van der Waals surface area contributed by atoms with Crippen molar-refractivity contribution < 1.29 is 0 Å². The Hall–Kier alpha value is -1.12. The highest BCUT2D eigenvalue weighted by Crippen LogP contribution is 2.34. The number of hydrogen-bond acceptors (Lipinski definition) is 2. The third kappa shape index (κ3) is 2.82. The Kier molecular flexibility index (Phi) is 4.23. The molecule has 1 heterocycles. The lowest BCUT2D eigenvalue weighted by atomic mass is 10.1. The van der Waals surface area contributed by atoms with Crippen LogP contribution in [0.1, 0.15) is 49.1 Å². The number of nitrogens with one attached hydrogen (secondary N) is 1. The molecule has 0 bridgehead atoms. The van der Waals surface area contributed by atoms with Crippen molar-refractivity contribution in [3.63, 3.8) is 0 Å². The van der Waals surface area contributed by atoms with Gasteiger partial charge in [0.25, 0.3) is 0 Å². The van der Waals surface area contributed by atoms with Crippen molar-refractivity contribution in [3.05, 3.63) is 46.4 Å². The number of benzene rings is 1. The van der Waals surface area contributed by atoms with Crippen LogP contribution in [0, 0.1) is 6.92 Å². The zero-order valence-electron chi connectivity index (χ0n) is 12.4. The molecule has 106 valence electrons. The third-order valence-corrected chi connectivity index (χ3v) is 5.76. The molecule has 0 saturated carbocycles. The number of thiophene rings is 1. The summed E-state index contributed by atoms with van der Waals surface area (Å²) in [6.45, 7) is 5.65. The van der Waals surface area contributed by atoms with Gasteiger partial charge in [0, 0.05) is 15.6 Å². The van der Waals surface area contributed by atoms with Gasteiger partial charge in [-0.3, -0.25) is 0 Å². The van der Waals surface area contributed by atoms with Crippen LogP contribution in [0.4, 0.5) is 0 Å². The van der Waals surface area contributed by atoms with Crippen LogP contribution >= 0.6 is 11.3 Å². The van der Waals surface area contributed by atoms with Gasteiger partial charge in [-0.05, 0) is 63.1 Å². The van der Waals surface area contributed by atoms with E-state index in [9.17, 15) is 0 Å². The van der Waals surface area contributed by atoms with Gasteiger partial charge in [-0.1, -0.05) is 29.8 Å². The molecule has 1 aliphatic rings. The van der Waals surface area contributed by atoms with E-state index in [0.717, 1.165) is 6.54 Å². The summed E-state index contributed by atoms with van der Waals surface area (Å²) >= 11 is 1.94. The smallest absolute Gasteiger partial charge is 0.0389 e. The fraction of sp³-hybridized carbons (Fsp3) is 0.444. The molecule has 0 saturated heterocycles. The Morgan fingerprint density at radius 3 is 2.90 bits per heavy atom. The van der Waals surface area contributed by atoms with Crippen LogP contribution in [0.25, 0.3) is 10.1 Å². The van der Waals surface area contributed by atoms with Crippen molar-refractivity contribution in [2.24, 2.45) is 0 Å². The van der Waals surface area contributed by atoms with Gasteiger partial charge >= 0.3 is 0 Å². The van der Waals surface area contributed by atoms with E-state index in [2.05, 4.69) is 49.5 Å². The van der Waals surface area contributed by atoms with Gasteiger partial charge in [0.05, 0.1) is 0 Å². The van der Waals surface area contributed by atoms with Gasteiger partial charge in [-0.2, -0.15) is 0 Å². The summed E-state index contributed by atoms with van der Waals surface area (Å²) in [7, 11) is 0. The summed E-state index contributed by atoms with van der Waals surface area (Å²) in [4.78, 5) is 1.49. The van der Waals surface area contributed by atoms with Crippen molar-refractivity contribution in [2.75, 3.05) is 6.54 Å². The van der Waals surface area contributed by atoms with Crippen molar-refractivity contribution >= 4 is 21.4 Å². The highest BCUT2D eigenvalue weighted by Gasteiger charge is 2.14. The summed E-state index contributed by atoms with van der Waals surface area (Å²) in [5.41, 5.74) is 3.10. The van der Waals surface area contributed by atoms with E-state index in [0.29, 0.717) is 6.04 Å². The molecular weight excluding hydrogens is 262 g/mol. The molecule has 1 nitrogen and oxygen atoms in total. The first-order valence-corrected chi connectivity index (χ1v) is 8.46. The Bertz CT molecular complexity index is 623. The average molecular weight is 285 g/mol. The minimum Gasteiger partial charge on any atom is -0.309 e. The topological polar surface area (TPSA) is 12.0 Å². The molecule has 2 heteroatoms. The van der Waals surface area contributed by atoms with Gasteiger partial charge in [-0.25, -0.2) is 0 Å². The van der Waals surface area contributed by atoms with Crippen molar-refractivity contribution in [1.82, 2.24) is 5.32 Å². The van der Waals surface area contributed by atoms with Crippen LogP contribution in [0.2, 0.25) is 0 Å². The fourth-order valence-corrected chi connectivity index (χ4v) is 4.35. The first-order valence-electron chi connectivity index (χ1n) is 7.65. The normalized spacial score (nSPS) is 16.6. The van der Waals surface area contributed by atoms with E-state index in [4.69, 9.17) is 0 Å². The van der Waals surface area contributed by atoms with Crippen LogP contribution in [0.5, 0.6) is 0 Å². The minimum atomic E-state index is 0.453. The molecule has 1 aliphatic carbocycles. The quantitative estimate of drug-likeness (QED) is 0.729. The molecule has 1 aromatic heterocycles. The molecule has 1 N–H and O–H groups in total. The monoisotopic (exact) mass is 285 g/mol. The number of aryl methyl sites for hydroxylation is 1. The van der Waals surface area contributed by atoms with Gasteiger partial charge in [-0.15, -0.1) is 11.3 Å². The Balaban J connectivity index is 1.65. The summed E-state index contributed by atoms with van der Waals surface area (Å²) in [5, 5.41) is 5.11. The minimum absolute atomic E-state index is 0.453. The van der Waals surface area contributed by atoms with Gasteiger partial charge < -0.3 is 5.32 Å². The number of rotatable bonds is 5. The first-order chi connectivity index (χ1) is 9.75. The maximum absolute atomic E-state index is 3.70. The second-order valence-electron chi connectivity index (χ2n) is 5.77. The van der Waals surface area contributed by atoms with Crippen molar-refractivity contribution in [1.29, 1.82) is 0 Å². The highest BCUT2D eigenvalue weighted by atomic mass is 32.1. The van der Waals surface area contributed by atoms with Gasteiger partial charge in [0.1, 0.15) is 0 Å². The van der Waals surface area contributed by atoms with E-state index < -0.39 is 0 Å². The molecule has 0 amide bonds. The fourth-order valence-electron chi connectivity index (χ4n) is 3.11. The van der Waals surface area contributed by atoms with Crippen molar-refractivity contribution in [3.8, 4) is 0 Å². The van der Waals surface area contributed by atoms with E-state index >= 15 is 0 Å². The molecule has 1 atom stereocenters. The second-order valence-corrected chi connectivity index (χ2v) is 6.85. The summed E-state index contributed by atoms with van der Waals surface area (Å²) in [5.74, 6) is 0. The molecular formula is C18H23NS. The molecule has 2 aromatic rings. The molecule has 1 aromatic carbocycles. The maximum atomic E-state index is 3.70. The number of allylic oxidation sites excluding steroid dienone is 1. The van der Waals surface area contributed by atoms with E-state index in [1.807, 2.05) is 11.3 Å². The maximum Gasteiger partial charge on any atom is 0.0389 e. The zero-order valence-corrected chi connectivity index (χ0v) is 13.2. The van der Waals surface area contributed by atoms with Crippen LogP contribution in [0.15, 0.2) is 35.9 Å². The lowest BCUT2D eigenvalue weighted by molar-refractivity contribution is 0.579. The van der Waals surface area contributed by atoms with Crippen LogP contribution in [0.3, 0.4) is 0 Å². The van der Waals surface area contributed by atoms with Gasteiger partial charge in [0.15, 0.2) is 0 Å². The van der Waals surface area contributed by atoms with Crippen molar-refractivity contribution in [2.45, 2.75) is 45.6 Å². The van der Waals surface area contributed by atoms with Crippen LogP contribution < -0.4 is 5.32 Å². The lowest BCUT2D eigenvalue weighted by Crippen LogP contribution is -2.19. The molecule has 3 rings (SSSR count). The standard InChI is InChI=1S/C18H23NS/c1-13-16-9-5-6-10-17(16)20-18(13)14(2)19-12-11-15-7-3-4-8-15/h5-7,9-10,14,19H,3-4,8,11-12H2,1-2H3. The Morgan fingerprint density at radius 2 is 2.15 bits per heavy atom. The lowest BCUT2D eigenvalue weighted by Gasteiger charge is -2.13. The molecule has 0 aliphatic heterocycles. The summed E-state index contributed by atoms with van der Waals surface area (Å²) in [6, 6.07) is 9.19. The van der Waals surface area contributed by atoms with Gasteiger partial charge in [0.2, 0.25) is 0 Å². The summed E-state index contributed by atoms with van der Waals surface area (Å²) in [6.07, 6.45) is 7.61. The van der Waals surface area contributed by atoms with Crippen LogP contribution in [-0.4, -0.2) is 6.54 Å². The Labute approximate surface area is 125 Å². The van der Waals surface area contributed by atoms with Crippen LogP contribution in [-0.2, 0) is 0 Å². The molecule has 20 heavy (non-hydrogen) atoms. The SMILES string of the molecule is Cc1c(C(C)NCCC2=CCCC2)sc2ccccc12. The Morgan fingerprint density at radius 1 is 1.30 bits per heavy atom. The van der Waals surface area contributed by atoms with E-state index in [1.54, 1.807) is 5.57 Å². The highest BCUT2D eigenvalue weighted by molar-refractivity contribution is 7.19. The van der Waals surface area contributed by atoms with E-state index in [-0.39, 0.29) is 0 Å². The molecule has 0 spiro atoms. The summed E-state index contributed by atoms with van der Waals surface area (Å²) < 4.78 is 1.41. The predicted molar refractivity (Wildman–Crippen MR) is 89.5 cm³/mol. The molecule has 1 unspecified atom stereocenters. The van der Waals surface area contributed by atoms with E-state index in [1.165, 1.54) is 46.2 Å². The second kappa shape index (κ2) is 6.11. The zero-order chi connectivity index (χ0) is 13.9. The first kappa shape index (κ1) is 13.8. The molecule has 0 fully saturated rings. The molecule has 0 radical (unpaired) electrons. The predicted octanol–water partition coefficient (Wildman–Crippen LogP) is 5.36. The number of hydrogen-bond donors (Lipinski definition) is 1.